The van der Waals surface area contributed by atoms with E-state index in [0.29, 0.717) is 41.7 Å². The van der Waals surface area contributed by atoms with Crippen LogP contribution in [0.25, 0.3) is 11.1 Å². The number of carbonyl (C=O) groups is 1. The number of hydrogen-bond donors (Lipinski definition) is 1. The van der Waals surface area contributed by atoms with Crippen LogP contribution in [0.3, 0.4) is 0 Å². The minimum atomic E-state index is -0.238. The zero-order valence-corrected chi connectivity index (χ0v) is 14.9. The summed E-state index contributed by atoms with van der Waals surface area (Å²) >= 11 is 0. The Labute approximate surface area is 157 Å². The van der Waals surface area contributed by atoms with Gasteiger partial charge >= 0.3 is 0 Å². The number of benzene rings is 3. The van der Waals surface area contributed by atoms with Crippen LogP contribution in [0.15, 0.2) is 66.7 Å². The molecular formula is C22H19NO4. The van der Waals surface area contributed by atoms with Crippen LogP contribution in [-0.4, -0.2) is 26.2 Å². The highest BCUT2D eigenvalue weighted by Gasteiger charge is 2.21. The fourth-order valence-electron chi connectivity index (χ4n) is 2.98. The van der Waals surface area contributed by atoms with E-state index in [4.69, 9.17) is 14.2 Å². The van der Waals surface area contributed by atoms with Gasteiger partial charge in [-0.2, -0.15) is 0 Å². The topological polar surface area (TPSA) is 56.8 Å². The molecule has 1 aliphatic rings. The summed E-state index contributed by atoms with van der Waals surface area (Å²) < 4.78 is 16.5. The monoisotopic (exact) mass is 361 g/mol. The van der Waals surface area contributed by atoms with Crippen molar-refractivity contribution in [2.45, 2.75) is 0 Å². The highest BCUT2D eigenvalue weighted by molar-refractivity contribution is 6.05. The predicted molar refractivity (Wildman–Crippen MR) is 104 cm³/mol. The van der Waals surface area contributed by atoms with Crippen LogP contribution in [0.2, 0.25) is 0 Å². The van der Waals surface area contributed by atoms with E-state index in [1.165, 1.54) is 7.11 Å². The summed E-state index contributed by atoms with van der Waals surface area (Å²) in [4.78, 5) is 12.7. The molecule has 0 aliphatic carbocycles. The van der Waals surface area contributed by atoms with E-state index in [1.54, 1.807) is 12.1 Å². The van der Waals surface area contributed by atoms with Gasteiger partial charge in [0.2, 0.25) is 5.75 Å². The molecule has 1 heterocycles. The first-order chi connectivity index (χ1) is 13.2. The molecule has 0 radical (unpaired) electrons. The lowest BCUT2D eigenvalue weighted by Crippen LogP contribution is -2.18. The van der Waals surface area contributed by atoms with Gasteiger partial charge in [0, 0.05) is 11.3 Å². The lowest BCUT2D eigenvalue weighted by Gasteiger charge is -2.21. The van der Waals surface area contributed by atoms with Crippen molar-refractivity contribution < 1.29 is 19.0 Å². The molecular weight excluding hydrogens is 342 g/mol. The van der Waals surface area contributed by atoms with Crippen molar-refractivity contribution in [1.29, 1.82) is 0 Å². The van der Waals surface area contributed by atoms with Crippen LogP contribution in [0.5, 0.6) is 17.2 Å². The molecule has 0 fully saturated rings. The maximum absolute atomic E-state index is 12.7. The van der Waals surface area contributed by atoms with E-state index >= 15 is 0 Å². The molecule has 3 aromatic carbocycles. The number of amides is 1. The standard InChI is InChI=1S/C22H19NO4/c1-25-19-13-17(14-20-21(19)27-12-11-26-20)22(24)23-18-9-7-16(8-10-18)15-5-3-2-4-6-15/h2-10,13-14H,11-12H2,1H3,(H,23,24). The Balaban J connectivity index is 1.54. The van der Waals surface area contributed by atoms with Gasteiger partial charge < -0.3 is 19.5 Å². The smallest absolute Gasteiger partial charge is 0.255 e. The Morgan fingerprint density at radius 1 is 0.926 bits per heavy atom. The number of hydrogen-bond acceptors (Lipinski definition) is 4. The van der Waals surface area contributed by atoms with Crippen molar-refractivity contribution in [3.63, 3.8) is 0 Å². The highest BCUT2D eigenvalue weighted by Crippen LogP contribution is 2.40. The molecule has 5 nitrogen and oxygen atoms in total. The quantitative estimate of drug-likeness (QED) is 0.749. The molecule has 0 saturated carbocycles. The minimum Gasteiger partial charge on any atom is -0.493 e. The highest BCUT2D eigenvalue weighted by atomic mass is 16.6. The van der Waals surface area contributed by atoms with Gasteiger partial charge in [-0.05, 0) is 35.4 Å². The van der Waals surface area contributed by atoms with Crippen molar-refractivity contribution in [3.05, 3.63) is 72.3 Å². The number of fused-ring (bicyclic) bond motifs is 1. The van der Waals surface area contributed by atoms with E-state index in [-0.39, 0.29) is 5.91 Å². The molecule has 0 saturated heterocycles. The van der Waals surface area contributed by atoms with E-state index in [9.17, 15) is 4.79 Å². The predicted octanol–water partition coefficient (Wildman–Crippen LogP) is 4.39. The fraction of sp³-hybridized carbons (Fsp3) is 0.136. The summed E-state index contributed by atoms with van der Waals surface area (Å²) in [5.41, 5.74) is 3.39. The Bertz CT molecular complexity index is 935. The lowest BCUT2D eigenvalue weighted by atomic mass is 10.1. The van der Waals surface area contributed by atoms with Gasteiger partial charge in [-0.25, -0.2) is 0 Å². The van der Waals surface area contributed by atoms with Crippen molar-refractivity contribution in [2.75, 3.05) is 25.6 Å². The van der Waals surface area contributed by atoms with Gasteiger partial charge in [-0.3, -0.25) is 4.79 Å². The third-order valence-electron chi connectivity index (χ3n) is 4.34. The molecule has 3 aromatic rings. The Hall–Kier alpha value is -3.47. The summed E-state index contributed by atoms with van der Waals surface area (Å²) in [6.45, 7) is 0.908. The van der Waals surface area contributed by atoms with Crippen molar-refractivity contribution in [3.8, 4) is 28.4 Å². The minimum absolute atomic E-state index is 0.238. The summed E-state index contributed by atoms with van der Waals surface area (Å²) in [5, 5.41) is 2.90. The van der Waals surface area contributed by atoms with Gasteiger partial charge in [-0.1, -0.05) is 42.5 Å². The SMILES string of the molecule is COc1cc(C(=O)Nc2ccc(-c3ccccc3)cc2)cc2c1OCCO2. The van der Waals surface area contributed by atoms with Crippen LogP contribution in [-0.2, 0) is 0 Å². The van der Waals surface area contributed by atoms with Crippen LogP contribution >= 0.6 is 0 Å². The molecule has 136 valence electrons. The second-order valence-corrected chi connectivity index (χ2v) is 6.10. The van der Waals surface area contributed by atoms with Gasteiger partial charge in [0.1, 0.15) is 13.2 Å². The molecule has 1 aliphatic heterocycles. The van der Waals surface area contributed by atoms with Crippen LogP contribution in [0.1, 0.15) is 10.4 Å². The normalized spacial score (nSPS) is 12.3. The number of methoxy groups -OCH3 is 1. The Morgan fingerprint density at radius 3 is 2.37 bits per heavy atom. The average Bonchev–Trinajstić information content (AvgIpc) is 2.74. The average molecular weight is 361 g/mol. The molecule has 4 rings (SSSR count). The zero-order chi connectivity index (χ0) is 18.6. The van der Waals surface area contributed by atoms with Crippen LogP contribution in [0, 0.1) is 0 Å². The lowest BCUT2D eigenvalue weighted by molar-refractivity contribution is 0.102. The van der Waals surface area contributed by atoms with E-state index in [2.05, 4.69) is 17.4 Å². The van der Waals surface area contributed by atoms with Gasteiger partial charge in [0.05, 0.1) is 7.11 Å². The number of nitrogens with one attached hydrogen (secondary N) is 1. The summed E-state index contributed by atoms with van der Waals surface area (Å²) in [6, 6.07) is 21.1. The van der Waals surface area contributed by atoms with E-state index < -0.39 is 0 Å². The van der Waals surface area contributed by atoms with Gasteiger partial charge in [-0.15, -0.1) is 0 Å². The number of carbonyl (C=O) groups excluding carboxylic acids is 1. The molecule has 0 bridgehead atoms. The molecule has 1 N–H and O–H groups in total. The summed E-state index contributed by atoms with van der Waals surface area (Å²) in [6.07, 6.45) is 0. The zero-order valence-electron chi connectivity index (χ0n) is 14.9. The fourth-order valence-corrected chi connectivity index (χ4v) is 2.98. The van der Waals surface area contributed by atoms with Crippen molar-refractivity contribution >= 4 is 11.6 Å². The first-order valence-electron chi connectivity index (χ1n) is 8.69. The first-order valence-corrected chi connectivity index (χ1v) is 8.69. The van der Waals surface area contributed by atoms with E-state index in [1.807, 2.05) is 42.5 Å². The van der Waals surface area contributed by atoms with E-state index in [0.717, 1.165) is 11.1 Å². The van der Waals surface area contributed by atoms with Crippen LogP contribution < -0.4 is 19.5 Å². The number of ether oxygens (including phenoxy) is 3. The molecule has 0 unspecified atom stereocenters. The first kappa shape index (κ1) is 17.0. The Morgan fingerprint density at radius 2 is 1.63 bits per heavy atom. The molecule has 27 heavy (non-hydrogen) atoms. The molecule has 0 spiro atoms. The molecule has 0 aromatic heterocycles. The van der Waals surface area contributed by atoms with Gasteiger partial charge in [0.25, 0.3) is 5.91 Å². The molecule has 0 atom stereocenters. The third-order valence-corrected chi connectivity index (χ3v) is 4.34. The van der Waals surface area contributed by atoms with Gasteiger partial charge in [0.15, 0.2) is 11.5 Å². The Kier molecular flexibility index (Phi) is 4.66. The van der Waals surface area contributed by atoms with Crippen molar-refractivity contribution in [2.24, 2.45) is 0 Å². The molecule has 5 heteroatoms. The third kappa shape index (κ3) is 3.58. The molecule has 1 amide bonds. The number of anilines is 1. The second kappa shape index (κ2) is 7.41. The summed E-state index contributed by atoms with van der Waals surface area (Å²) in [7, 11) is 1.54. The largest absolute Gasteiger partial charge is 0.493 e. The van der Waals surface area contributed by atoms with Crippen LogP contribution in [0.4, 0.5) is 5.69 Å². The number of rotatable bonds is 4. The summed E-state index contributed by atoms with van der Waals surface area (Å²) in [5.74, 6) is 1.30. The second-order valence-electron chi connectivity index (χ2n) is 6.10. The van der Waals surface area contributed by atoms with Crippen molar-refractivity contribution in [1.82, 2.24) is 0 Å². The maximum atomic E-state index is 12.7. The maximum Gasteiger partial charge on any atom is 0.255 e.